The highest BCUT2D eigenvalue weighted by molar-refractivity contribution is 5.15. The average molecular weight is 201 g/mol. The van der Waals surface area contributed by atoms with E-state index in [1.807, 2.05) is 19.1 Å². The summed E-state index contributed by atoms with van der Waals surface area (Å²) in [6.45, 7) is 1.95. The summed E-state index contributed by atoms with van der Waals surface area (Å²) in [5.41, 5.74) is 2.35. The summed E-state index contributed by atoms with van der Waals surface area (Å²) < 4.78 is 5.15. The lowest BCUT2D eigenvalue weighted by molar-refractivity contribution is 0.377. The van der Waals surface area contributed by atoms with Crippen LogP contribution < -0.4 is 0 Å². The van der Waals surface area contributed by atoms with Gasteiger partial charge in [-0.15, -0.1) is 0 Å². The van der Waals surface area contributed by atoms with Crippen LogP contribution in [0.3, 0.4) is 0 Å². The van der Waals surface area contributed by atoms with E-state index in [-0.39, 0.29) is 0 Å². The Balaban J connectivity index is 1.80. The lowest BCUT2D eigenvalue weighted by Gasteiger charge is -1.98. The molecule has 1 aromatic carbocycles. The standard InChI is InChI=1S/C13H15NO/c1-11-10-13(15-14-11)9-5-8-12-6-3-2-4-7-12/h2-4,6-7,10H,5,8-9H2,1H3. The third-order valence-electron chi connectivity index (χ3n) is 2.41. The second kappa shape index (κ2) is 4.78. The Hall–Kier alpha value is -1.57. The minimum Gasteiger partial charge on any atom is -0.361 e. The predicted octanol–water partition coefficient (Wildman–Crippen LogP) is 3.16. The Kier molecular flexibility index (Phi) is 3.18. The van der Waals surface area contributed by atoms with E-state index in [1.165, 1.54) is 5.56 Å². The average Bonchev–Trinajstić information content (AvgIpc) is 2.66. The van der Waals surface area contributed by atoms with Crippen molar-refractivity contribution in [1.29, 1.82) is 0 Å². The van der Waals surface area contributed by atoms with Gasteiger partial charge in [0.2, 0.25) is 0 Å². The van der Waals surface area contributed by atoms with Crippen molar-refractivity contribution in [3.63, 3.8) is 0 Å². The molecule has 0 saturated heterocycles. The summed E-state index contributed by atoms with van der Waals surface area (Å²) in [6, 6.07) is 12.5. The van der Waals surface area contributed by atoms with Crippen molar-refractivity contribution in [3.8, 4) is 0 Å². The van der Waals surface area contributed by atoms with Gasteiger partial charge in [0.15, 0.2) is 0 Å². The monoisotopic (exact) mass is 201 g/mol. The fourth-order valence-corrected chi connectivity index (χ4v) is 1.65. The molecule has 2 nitrogen and oxygen atoms in total. The summed E-state index contributed by atoms with van der Waals surface area (Å²) in [5, 5.41) is 3.87. The molecule has 78 valence electrons. The number of benzene rings is 1. The molecule has 1 aromatic heterocycles. The number of hydrogen-bond donors (Lipinski definition) is 0. The zero-order chi connectivity index (χ0) is 10.5. The molecule has 0 unspecified atom stereocenters. The molecule has 2 heteroatoms. The number of rotatable bonds is 4. The predicted molar refractivity (Wildman–Crippen MR) is 59.7 cm³/mol. The van der Waals surface area contributed by atoms with E-state index < -0.39 is 0 Å². The van der Waals surface area contributed by atoms with Crippen LogP contribution in [0.15, 0.2) is 40.9 Å². The van der Waals surface area contributed by atoms with Crippen molar-refractivity contribution in [2.24, 2.45) is 0 Å². The summed E-state index contributed by atoms with van der Waals surface area (Å²) in [6.07, 6.45) is 3.18. The highest BCUT2D eigenvalue weighted by Gasteiger charge is 2.00. The first-order chi connectivity index (χ1) is 7.34. The number of nitrogens with zero attached hydrogens (tertiary/aromatic N) is 1. The van der Waals surface area contributed by atoms with Crippen LogP contribution in [0, 0.1) is 6.92 Å². The molecule has 0 aliphatic carbocycles. The molecule has 0 spiro atoms. The molecule has 2 aromatic rings. The molecule has 0 radical (unpaired) electrons. The Morgan fingerprint density at radius 2 is 1.93 bits per heavy atom. The van der Waals surface area contributed by atoms with Gasteiger partial charge in [0, 0.05) is 12.5 Å². The van der Waals surface area contributed by atoms with Gasteiger partial charge >= 0.3 is 0 Å². The van der Waals surface area contributed by atoms with Crippen LogP contribution in [0.1, 0.15) is 23.4 Å². The van der Waals surface area contributed by atoms with Crippen molar-refractivity contribution in [1.82, 2.24) is 5.16 Å². The van der Waals surface area contributed by atoms with E-state index in [0.29, 0.717) is 0 Å². The van der Waals surface area contributed by atoms with Gasteiger partial charge in [-0.25, -0.2) is 0 Å². The van der Waals surface area contributed by atoms with Crippen molar-refractivity contribution in [3.05, 3.63) is 53.4 Å². The first-order valence-corrected chi connectivity index (χ1v) is 5.31. The molecule has 0 N–H and O–H groups in total. The second-order valence-corrected chi connectivity index (χ2v) is 3.77. The van der Waals surface area contributed by atoms with Crippen LogP contribution in [-0.4, -0.2) is 5.16 Å². The Labute approximate surface area is 89.9 Å². The van der Waals surface area contributed by atoms with E-state index in [0.717, 1.165) is 30.7 Å². The summed E-state index contributed by atoms with van der Waals surface area (Å²) >= 11 is 0. The third-order valence-corrected chi connectivity index (χ3v) is 2.41. The van der Waals surface area contributed by atoms with Gasteiger partial charge in [-0.05, 0) is 25.3 Å². The molecule has 15 heavy (non-hydrogen) atoms. The Morgan fingerprint density at radius 1 is 1.13 bits per heavy atom. The van der Waals surface area contributed by atoms with E-state index in [9.17, 15) is 0 Å². The fraction of sp³-hybridized carbons (Fsp3) is 0.308. The quantitative estimate of drug-likeness (QED) is 0.759. The first kappa shape index (κ1) is 9.97. The van der Waals surface area contributed by atoms with Crippen LogP contribution in [0.4, 0.5) is 0 Å². The Bertz CT molecular complexity index is 405. The molecular weight excluding hydrogens is 186 g/mol. The summed E-state index contributed by atoms with van der Waals surface area (Å²) in [5.74, 6) is 0.989. The highest BCUT2D eigenvalue weighted by atomic mass is 16.5. The fourth-order valence-electron chi connectivity index (χ4n) is 1.65. The van der Waals surface area contributed by atoms with E-state index in [1.54, 1.807) is 0 Å². The van der Waals surface area contributed by atoms with Crippen molar-refractivity contribution < 1.29 is 4.52 Å². The molecule has 0 aliphatic rings. The first-order valence-electron chi connectivity index (χ1n) is 5.31. The SMILES string of the molecule is Cc1cc(CCCc2ccccc2)on1. The van der Waals surface area contributed by atoms with Gasteiger partial charge in [-0.1, -0.05) is 35.5 Å². The van der Waals surface area contributed by atoms with Crippen LogP contribution in [-0.2, 0) is 12.8 Å². The van der Waals surface area contributed by atoms with Gasteiger partial charge in [0.1, 0.15) is 5.76 Å². The molecule has 2 rings (SSSR count). The topological polar surface area (TPSA) is 26.0 Å². The summed E-state index contributed by atoms with van der Waals surface area (Å²) in [4.78, 5) is 0. The molecular formula is C13H15NO. The van der Waals surface area contributed by atoms with Gasteiger partial charge in [-0.2, -0.15) is 0 Å². The van der Waals surface area contributed by atoms with Gasteiger partial charge in [0.05, 0.1) is 5.69 Å². The van der Waals surface area contributed by atoms with Crippen LogP contribution in [0.25, 0.3) is 0 Å². The normalized spacial score (nSPS) is 10.5. The minimum absolute atomic E-state index is 0.963. The zero-order valence-corrected chi connectivity index (χ0v) is 8.94. The molecule has 1 heterocycles. The number of hydrogen-bond acceptors (Lipinski definition) is 2. The van der Waals surface area contributed by atoms with Crippen LogP contribution in [0.2, 0.25) is 0 Å². The van der Waals surface area contributed by atoms with Gasteiger partial charge in [0.25, 0.3) is 0 Å². The lowest BCUT2D eigenvalue weighted by atomic mass is 10.1. The molecule has 0 bridgehead atoms. The number of aromatic nitrogens is 1. The minimum atomic E-state index is 0.963. The van der Waals surface area contributed by atoms with E-state index >= 15 is 0 Å². The molecule has 0 saturated carbocycles. The molecule has 0 aliphatic heterocycles. The molecule has 0 amide bonds. The van der Waals surface area contributed by atoms with Gasteiger partial charge < -0.3 is 4.52 Å². The highest BCUT2D eigenvalue weighted by Crippen LogP contribution is 2.08. The van der Waals surface area contributed by atoms with E-state index in [2.05, 4.69) is 29.4 Å². The largest absolute Gasteiger partial charge is 0.361 e. The van der Waals surface area contributed by atoms with Crippen molar-refractivity contribution in [2.45, 2.75) is 26.2 Å². The third kappa shape index (κ3) is 2.94. The van der Waals surface area contributed by atoms with Crippen molar-refractivity contribution >= 4 is 0 Å². The Morgan fingerprint density at radius 3 is 2.60 bits per heavy atom. The van der Waals surface area contributed by atoms with Gasteiger partial charge in [-0.3, -0.25) is 0 Å². The maximum absolute atomic E-state index is 5.15. The zero-order valence-electron chi connectivity index (χ0n) is 8.94. The second-order valence-electron chi connectivity index (χ2n) is 3.77. The smallest absolute Gasteiger partial charge is 0.137 e. The lowest BCUT2D eigenvalue weighted by Crippen LogP contribution is -1.88. The molecule has 0 atom stereocenters. The maximum atomic E-state index is 5.15. The van der Waals surface area contributed by atoms with E-state index in [4.69, 9.17) is 4.52 Å². The van der Waals surface area contributed by atoms with Crippen LogP contribution >= 0.6 is 0 Å². The van der Waals surface area contributed by atoms with Crippen molar-refractivity contribution in [2.75, 3.05) is 0 Å². The van der Waals surface area contributed by atoms with Crippen LogP contribution in [0.5, 0.6) is 0 Å². The maximum Gasteiger partial charge on any atom is 0.137 e. The number of aryl methyl sites for hydroxylation is 3. The molecule has 0 fully saturated rings. The summed E-state index contributed by atoms with van der Waals surface area (Å²) in [7, 11) is 0.